The Morgan fingerprint density at radius 1 is 1.12 bits per heavy atom. The molecule has 0 fully saturated rings. The van der Waals surface area contributed by atoms with Crippen molar-refractivity contribution in [1.82, 2.24) is 4.98 Å². The molecule has 2 aromatic rings. The van der Waals surface area contributed by atoms with Crippen LogP contribution in [0.1, 0.15) is 16.7 Å². The number of hydrogen-bond acceptors (Lipinski definition) is 2. The van der Waals surface area contributed by atoms with Crippen molar-refractivity contribution >= 4 is 17.4 Å². The number of hydrogen-bond donors (Lipinski definition) is 1. The second kappa shape index (κ2) is 5.19. The Kier molecular flexibility index (Phi) is 3.64. The molecule has 1 aromatic carbocycles. The highest BCUT2D eigenvalue weighted by molar-refractivity contribution is 6.29. The molecule has 0 saturated heterocycles. The van der Waals surface area contributed by atoms with Gasteiger partial charge in [0.15, 0.2) is 0 Å². The summed E-state index contributed by atoms with van der Waals surface area (Å²) in [5, 5.41) is 3.78. The molecule has 2 rings (SSSR count). The molecule has 1 heterocycles. The summed E-state index contributed by atoms with van der Waals surface area (Å²) in [5.41, 5.74) is 3.91. The number of halogens is 1. The maximum atomic E-state index is 5.83. The Morgan fingerprint density at radius 2 is 1.88 bits per heavy atom. The van der Waals surface area contributed by atoms with E-state index in [2.05, 4.69) is 42.3 Å². The molecule has 0 radical (unpaired) electrons. The lowest BCUT2D eigenvalue weighted by molar-refractivity contribution is 1.08. The van der Waals surface area contributed by atoms with Crippen molar-refractivity contribution in [2.45, 2.75) is 20.4 Å². The van der Waals surface area contributed by atoms with Crippen LogP contribution in [0.5, 0.6) is 0 Å². The van der Waals surface area contributed by atoms with Gasteiger partial charge in [-0.05, 0) is 42.7 Å². The zero-order valence-electron chi connectivity index (χ0n) is 10.00. The number of aromatic nitrogens is 1. The van der Waals surface area contributed by atoms with Crippen LogP contribution in [0.2, 0.25) is 5.15 Å². The number of benzene rings is 1. The molecule has 0 spiro atoms. The van der Waals surface area contributed by atoms with Crippen molar-refractivity contribution in [3.63, 3.8) is 0 Å². The monoisotopic (exact) mass is 246 g/mol. The summed E-state index contributed by atoms with van der Waals surface area (Å²) in [5.74, 6) is 0.804. The largest absolute Gasteiger partial charge is 0.366 e. The van der Waals surface area contributed by atoms with Crippen LogP contribution in [0.3, 0.4) is 0 Å². The standard InChI is InChI=1S/C14H15ClN2/c1-10-5-3-6-12(11(10)2)9-16-14-8-4-7-13(15)17-14/h3-8H,9H2,1-2H3,(H,16,17). The molecule has 0 bridgehead atoms. The van der Waals surface area contributed by atoms with Crippen LogP contribution < -0.4 is 5.32 Å². The highest BCUT2D eigenvalue weighted by atomic mass is 35.5. The number of anilines is 1. The van der Waals surface area contributed by atoms with Crippen LogP contribution in [-0.2, 0) is 6.54 Å². The molecule has 17 heavy (non-hydrogen) atoms. The van der Waals surface area contributed by atoms with Gasteiger partial charge < -0.3 is 5.32 Å². The molecule has 0 aliphatic carbocycles. The van der Waals surface area contributed by atoms with E-state index in [4.69, 9.17) is 11.6 Å². The van der Waals surface area contributed by atoms with Gasteiger partial charge in [0.1, 0.15) is 11.0 Å². The second-order valence-electron chi connectivity index (χ2n) is 4.06. The van der Waals surface area contributed by atoms with Gasteiger partial charge in [0.05, 0.1) is 0 Å². The quantitative estimate of drug-likeness (QED) is 0.829. The zero-order valence-corrected chi connectivity index (χ0v) is 10.8. The maximum Gasteiger partial charge on any atom is 0.131 e. The fraction of sp³-hybridized carbons (Fsp3) is 0.214. The average molecular weight is 247 g/mol. The third kappa shape index (κ3) is 2.98. The number of aryl methyl sites for hydroxylation is 1. The van der Waals surface area contributed by atoms with Crippen LogP contribution in [-0.4, -0.2) is 4.98 Å². The third-order valence-corrected chi connectivity index (χ3v) is 3.10. The van der Waals surface area contributed by atoms with Crippen molar-refractivity contribution in [2.75, 3.05) is 5.32 Å². The van der Waals surface area contributed by atoms with Gasteiger partial charge in [-0.3, -0.25) is 0 Å². The number of nitrogens with one attached hydrogen (secondary N) is 1. The van der Waals surface area contributed by atoms with Crippen LogP contribution in [0.25, 0.3) is 0 Å². The van der Waals surface area contributed by atoms with Crippen molar-refractivity contribution in [2.24, 2.45) is 0 Å². The van der Waals surface area contributed by atoms with Crippen LogP contribution in [0, 0.1) is 13.8 Å². The van der Waals surface area contributed by atoms with E-state index in [9.17, 15) is 0 Å². The van der Waals surface area contributed by atoms with Crippen LogP contribution in [0.4, 0.5) is 5.82 Å². The maximum absolute atomic E-state index is 5.83. The van der Waals surface area contributed by atoms with E-state index in [0.717, 1.165) is 12.4 Å². The van der Waals surface area contributed by atoms with E-state index < -0.39 is 0 Å². The zero-order chi connectivity index (χ0) is 12.3. The molecule has 1 N–H and O–H groups in total. The first-order valence-corrected chi connectivity index (χ1v) is 5.96. The molecule has 0 aliphatic heterocycles. The van der Waals surface area contributed by atoms with Gasteiger partial charge in [0.2, 0.25) is 0 Å². The Morgan fingerprint density at radius 3 is 2.65 bits per heavy atom. The summed E-state index contributed by atoms with van der Waals surface area (Å²) in [4.78, 5) is 4.19. The predicted octanol–water partition coefficient (Wildman–Crippen LogP) is 3.96. The summed E-state index contributed by atoms with van der Waals surface area (Å²) >= 11 is 5.83. The van der Waals surface area contributed by atoms with E-state index in [1.54, 1.807) is 6.07 Å². The van der Waals surface area contributed by atoms with E-state index >= 15 is 0 Å². The van der Waals surface area contributed by atoms with Gasteiger partial charge in [-0.2, -0.15) is 0 Å². The van der Waals surface area contributed by atoms with Crippen molar-refractivity contribution in [3.8, 4) is 0 Å². The SMILES string of the molecule is Cc1cccc(CNc2cccc(Cl)n2)c1C. The Bertz CT molecular complexity index is 523. The van der Waals surface area contributed by atoms with Crippen molar-refractivity contribution in [3.05, 3.63) is 58.2 Å². The smallest absolute Gasteiger partial charge is 0.131 e. The topological polar surface area (TPSA) is 24.9 Å². The molecule has 0 amide bonds. The number of rotatable bonds is 3. The molecule has 0 aliphatic rings. The van der Waals surface area contributed by atoms with E-state index in [0.29, 0.717) is 5.15 Å². The Balaban J connectivity index is 2.10. The normalized spacial score (nSPS) is 10.3. The second-order valence-corrected chi connectivity index (χ2v) is 4.45. The Hall–Kier alpha value is -1.54. The number of pyridine rings is 1. The van der Waals surface area contributed by atoms with Gasteiger partial charge in [0.25, 0.3) is 0 Å². The molecular formula is C14H15ClN2. The lowest BCUT2D eigenvalue weighted by atomic mass is 10.0. The Labute approximate surface area is 107 Å². The minimum Gasteiger partial charge on any atom is -0.366 e. The average Bonchev–Trinajstić information content (AvgIpc) is 2.31. The van der Waals surface area contributed by atoms with E-state index in [1.807, 2.05) is 12.1 Å². The van der Waals surface area contributed by atoms with Gasteiger partial charge in [-0.1, -0.05) is 35.9 Å². The first-order valence-electron chi connectivity index (χ1n) is 5.58. The molecule has 0 unspecified atom stereocenters. The van der Waals surface area contributed by atoms with Crippen molar-refractivity contribution in [1.29, 1.82) is 0 Å². The van der Waals surface area contributed by atoms with Gasteiger partial charge in [0, 0.05) is 6.54 Å². The summed E-state index contributed by atoms with van der Waals surface area (Å²) in [6, 6.07) is 11.9. The molecular weight excluding hydrogens is 232 g/mol. The highest BCUT2D eigenvalue weighted by Crippen LogP contribution is 2.15. The van der Waals surface area contributed by atoms with Gasteiger partial charge in [-0.15, -0.1) is 0 Å². The van der Waals surface area contributed by atoms with Gasteiger partial charge >= 0.3 is 0 Å². The fourth-order valence-corrected chi connectivity index (χ4v) is 1.86. The molecule has 3 heteroatoms. The summed E-state index contributed by atoms with van der Waals surface area (Å²) in [7, 11) is 0. The predicted molar refractivity (Wildman–Crippen MR) is 72.5 cm³/mol. The molecule has 88 valence electrons. The van der Waals surface area contributed by atoms with Crippen molar-refractivity contribution < 1.29 is 0 Å². The molecule has 1 aromatic heterocycles. The minimum absolute atomic E-state index is 0.510. The van der Waals surface area contributed by atoms with Crippen LogP contribution >= 0.6 is 11.6 Å². The van der Waals surface area contributed by atoms with E-state index in [1.165, 1.54) is 16.7 Å². The molecule has 0 saturated carbocycles. The van der Waals surface area contributed by atoms with E-state index in [-0.39, 0.29) is 0 Å². The minimum atomic E-state index is 0.510. The first-order chi connectivity index (χ1) is 8.16. The number of nitrogens with zero attached hydrogens (tertiary/aromatic N) is 1. The lowest BCUT2D eigenvalue weighted by Crippen LogP contribution is -2.03. The summed E-state index contributed by atoms with van der Waals surface area (Å²) < 4.78 is 0. The highest BCUT2D eigenvalue weighted by Gasteiger charge is 2.01. The summed E-state index contributed by atoms with van der Waals surface area (Å²) in [6.07, 6.45) is 0. The van der Waals surface area contributed by atoms with Gasteiger partial charge in [-0.25, -0.2) is 4.98 Å². The molecule has 2 nitrogen and oxygen atoms in total. The third-order valence-electron chi connectivity index (χ3n) is 2.89. The lowest BCUT2D eigenvalue weighted by Gasteiger charge is -2.10. The van der Waals surface area contributed by atoms with Crippen LogP contribution in [0.15, 0.2) is 36.4 Å². The fourth-order valence-electron chi connectivity index (χ4n) is 1.70. The molecule has 0 atom stereocenters. The summed E-state index contributed by atoms with van der Waals surface area (Å²) in [6.45, 7) is 5.02. The first kappa shape index (κ1) is 11.9.